The molecule has 7 heteroatoms. The van der Waals surface area contributed by atoms with Crippen LogP contribution in [0.3, 0.4) is 0 Å². The van der Waals surface area contributed by atoms with Gasteiger partial charge in [-0.15, -0.1) is 0 Å². The first-order chi connectivity index (χ1) is 16.7. The van der Waals surface area contributed by atoms with Crippen LogP contribution in [-0.4, -0.2) is 37.4 Å². The van der Waals surface area contributed by atoms with Gasteiger partial charge in [0.15, 0.2) is 5.78 Å². The van der Waals surface area contributed by atoms with E-state index >= 15 is 0 Å². The smallest absolute Gasteiger partial charge is 0.224 e. The van der Waals surface area contributed by atoms with E-state index in [0.29, 0.717) is 24.5 Å². The van der Waals surface area contributed by atoms with Crippen LogP contribution in [0.25, 0.3) is 11.0 Å². The molecule has 178 valence electrons. The van der Waals surface area contributed by atoms with Crippen molar-refractivity contribution in [2.45, 2.75) is 94.8 Å². The predicted molar refractivity (Wildman–Crippen MR) is 133 cm³/mol. The molecule has 2 fully saturated rings. The highest BCUT2D eigenvalue weighted by molar-refractivity contribution is 6.00. The number of pyridine rings is 1. The third kappa shape index (κ3) is 4.11. The van der Waals surface area contributed by atoms with Crippen LogP contribution in [0.2, 0.25) is 0 Å². The second-order valence-corrected chi connectivity index (χ2v) is 10.5. The minimum absolute atomic E-state index is 0.0624. The Morgan fingerprint density at radius 2 is 1.85 bits per heavy atom. The number of anilines is 1. The molecular formula is C27H34N6O. The summed E-state index contributed by atoms with van der Waals surface area (Å²) in [5, 5.41) is 8.28. The minimum atomic E-state index is 0.0624. The van der Waals surface area contributed by atoms with Crippen molar-refractivity contribution in [2.24, 2.45) is 0 Å². The number of carbonyl (C=O) groups is 1. The van der Waals surface area contributed by atoms with Crippen LogP contribution in [0.1, 0.15) is 86.7 Å². The van der Waals surface area contributed by atoms with E-state index in [2.05, 4.69) is 31.2 Å². The average Bonchev–Trinajstić information content (AvgIpc) is 3.28. The Balaban J connectivity index is 1.15. The molecule has 0 bridgehead atoms. The Bertz CT molecular complexity index is 1160. The fourth-order valence-corrected chi connectivity index (χ4v) is 6.40. The molecular weight excluding hydrogens is 424 g/mol. The molecule has 2 N–H and O–H groups in total. The van der Waals surface area contributed by atoms with Crippen molar-refractivity contribution in [3.63, 3.8) is 0 Å². The largest absolute Gasteiger partial charge is 0.351 e. The summed E-state index contributed by atoms with van der Waals surface area (Å²) in [5.74, 6) is 0.949. The van der Waals surface area contributed by atoms with E-state index in [1.165, 1.54) is 24.8 Å². The highest BCUT2D eigenvalue weighted by Gasteiger charge is 2.41. The number of aromatic nitrogens is 4. The molecule has 7 nitrogen and oxygen atoms in total. The van der Waals surface area contributed by atoms with Crippen LogP contribution in [-0.2, 0) is 12.1 Å². The molecule has 0 radical (unpaired) electrons. The van der Waals surface area contributed by atoms with Gasteiger partial charge in [0.2, 0.25) is 5.95 Å². The third-order valence-corrected chi connectivity index (χ3v) is 8.28. The topological polar surface area (TPSA) is 84.7 Å². The van der Waals surface area contributed by atoms with Crippen LogP contribution in [0.4, 0.5) is 5.95 Å². The first-order valence-electron chi connectivity index (χ1n) is 13.0. The van der Waals surface area contributed by atoms with Crippen LogP contribution < -0.4 is 10.6 Å². The van der Waals surface area contributed by atoms with E-state index in [0.717, 1.165) is 68.2 Å². The molecule has 4 heterocycles. The van der Waals surface area contributed by atoms with Gasteiger partial charge in [-0.25, -0.2) is 4.98 Å². The molecule has 0 saturated heterocycles. The SMILES string of the molecule is O=C1CCC2(CCCCC2)n2c1cc1cnc(NC3CCC(NCc4cccnc4)CC3)nc12. The Morgan fingerprint density at radius 1 is 1.03 bits per heavy atom. The zero-order chi connectivity index (χ0) is 23.0. The fourth-order valence-electron chi connectivity index (χ4n) is 6.40. The number of fused-ring (bicyclic) bond motifs is 4. The second-order valence-electron chi connectivity index (χ2n) is 10.5. The van der Waals surface area contributed by atoms with Gasteiger partial charge in [-0.2, -0.15) is 4.98 Å². The molecule has 3 aromatic rings. The first-order valence-corrected chi connectivity index (χ1v) is 13.0. The standard InChI is InChI=1S/C27H34N6O/c34-24-10-13-27(11-2-1-3-12-27)33-23(24)15-20-18-30-26(32-25(20)33)31-22-8-6-21(7-9-22)29-17-19-5-4-14-28-16-19/h4-5,14-16,18,21-22,29H,1-3,6-13,17H2,(H,30,31,32). The highest BCUT2D eigenvalue weighted by Crippen LogP contribution is 2.45. The number of nitrogens with one attached hydrogen (secondary N) is 2. The van der Waals surface area contributed by atoms with Gasteiger partial charge >= 0.3 is 0 Å². The lowest BCUT2D eigenvalue weighted by Crippen LogP contribution is -2.41. The summed E-state index contributed by atoms with van der Waals surface area (Å²) >= 11 is 0. The molecule has 0 atom stereocenters. The summed E-state index contributed by atoms with van der Waals surface area (Å²) in [5.41, 5.74) is 3.07. The van der Waals surface area contributed by atoms with Crippen molar-refractivity contribution in [2.75, 3.05) is 5.32 Å². The summed E-state index contributed by atoms with van der Waals surface area (Å²) in [6, 6.07) is 7.05. The van der Waals surface area contributed by atoms with Crippen molar-refractivity contribution in [1.29, 1.82) is 0 Å². The fraction of sp³-hybridized carbons (Fsp3) is 0.556. The summed E-state index contributed by atoms with van der Waals surface area (Å²) in [6.07, 6.45) is 17.8. The molecule has 2 saturated carbocycles. The molecule has 0 amide bonds. The van der Waals surface area contributed by atoms with Gasteiger partial charge in [-0.05, 0) is 62.6 Å². The van der Waals surface area contributed by atoms with Crippen molar-refractivity contribution in [3.05, 3.63) is 48.0 Å². The van der Waals surface area contributed by atoms with Gasteiger partial charge in [-0.1, -0.05) is 25.3 Å². The van der Waals surface area contributed by atoms with Gasteiger partial charge in [0.1, 0.15) is 5.65 Å². The molecule has 0 aromatic carbocycles. The van der Waals surface area contributed by atoms with Crippen LogP contribution >= 0.6 is 0 Å². The number of ketones is 1. The maximum Gasteiger partial charge on any atom is 0.224 e. The Hall–Kier alpha value is -2.80. The van der Waals surface area contributed by atoms with E-state index < -0.39 is 0 Å². The maximum absolute atomic E-state index is 12.8. The summed E-state index contributed by atoms with van der Waals surface area (Å²) in [7, 11) is 0. The Labute approximate surface area is 200 Å². The summed E-state index contributed by atoms with van der Waals surface area (Å²) < 4.78 is 2.31. The number of Topliss-reactive ketones (excluding diaryl/α,β-unsaturated/α-hetero) is 1. The molecule has 3 aliphatic rings. The van der Waals surface area contributed by atoms with E-state index in [1.807, 2.05) is 30.7 Å². The molecule has 0 unspecified atom stereocenters. The second kappa shape index (κ2) is 9.10. The highest BCUT2D eigenvalue weighted by atomic mass is 16.1. The minimum Gasteiger partial charge on any atom is -0.351 e. The van der Waals surface area contributed by atoms with Crippen LogP contribution in [0, 0.1) is 0 Å². The molecule has 3 aromatic heterocycles. The van der Waals surface area contributed by atoms with Crippen molar-refractivity contribution < 1.29 is 4.79 Å². The quantitative estimate of drug-likeness (QED) is 0.561. The monoisotopic (exact) mass is 458 g/mol. The normalized spacial score (nSPS) is 24.3. The number of carbonyl (C=O) groups excluding carboxylic acids is 1. The first kappa shape index (κ1) is 21.7. The number of nitrogens with zero attached hydrogens (tertiary/aromatic N) is 4. The lowest BCUT2D eigenvalue weighted by Gasteiger charge is -2.42. The van der Waals surface area contributed by atoms with Gasteiger partial charge in [0.25, 0.3) is 0 Å². The number of rotatable bonds is 5. The van der Waals surface area contributed by atoms with Gasteiger partial charge in [-0.3, -0.25) is 9.78 Å². The number of hydrogen-bond donors (Lipinski definition) is 2. The Kier molecular flexibility index (Phi) is 5.81. The zero-order valence-electron chi connectivity index (χ0n) is 19.8. The maximum atomic E-state index is 12.8. The lowest BCUT2D eigenvalue weighted by molar-refractivity contribution is 0.0852. The van der Waals surface area contributed by atoms with Gasteiger partial charge < -0.3 is 15.2 Å². The van der Waals surface area contributed by atoms with Crippen LogP contribution in [0.15, 0.2) is 36.8 Å². The molecule has 2 aliphatic carbocycles. The molecule has 1 aliphatic heterocycles. The lowest BCUT2D eigenvalue weighted by atomic mass is 9.75. The van der Waals surface area contributed by atoms with Crippen LogP contribution in [0.5, 0.6) is 0 Å². The van der Waals surface area contributed by atoms with Crippen molar-refractivity contribution in [1.82, 2.24) is 24.8 Å². The molecule has 6 rings (SSSR count). The zero-order valence-corrected chi connectivity index (χ0v) is 19.8. The average molecular weight is 459 g/mol. The van der Waals surface area contributed by atoms with Gasteiger partial charge in [0, 0.05) is 54.6 Å². The molecule has 34 heavy (non-hydrogen) atoms. The predicted octanol–water partition coefficient (Wildman–Crippen LogP) is 4.98. The van der Waals surface area contributed by atoms with Crippen molar-refractivity contribution >= 4 is 22.8 Å². The van der Waals surface area contributed by atoms with E-state index in [1.54, 1.807) is 0 Å². The Morgan fingerprint density at radius 3 is 2.65 bits per heavy atom. The van der Waals surface area contributed by atoms with E-state index in [9.17, 15) is 4.79 Å². The third-order valence-electron chi connectivity index (χ3n) is 8.28. The number of hydrogen-bond acceptors (Lipinski definition) is 6. The van der Waals surface area contributed by atoms with E-state index in [-0.39, 0.29) is 11.3 Å². The van der Waals surface area contributed by atoms with E-state index in [4.69, 9.17) is 4.98 Å². The summed E-state index contributed by atoms with van der Waals surface area (Å²) in [6.45, 7) is 0.871. The molecule has 1 spiro atoms. The summed E-state index contributed by atoms with van der Waals surface area (Å²) in [4.78, 5) is 26.6. The van der Waals surface area contributed by atoms with Gasteiger partial charge in [0.05, 0.1) is 5.69 Å². The van der Waals surface area contributed by atoms with Crippen molar-refractivity contribution in [3.8, 4) is 0 Å².